The van der Waals surface area contributed by atoms with Crippen LogP contribution in [0.4, 0.5) is 0 Å². The van der Waals surface area contributed by atoms with E-state index in [-0.39, 0.29) is 6.04 Å². The minimum absolute atomic E-state index is 0.234. The first-order chi connectivity index (χ1) is 6.20. The summed E-state index contributed by atoms with van der Waals surface area (Å²) in [4.78, 5) is 0. The zero-order valence-electron chi connectivity index (χ0n) is 10.7. The topological polar surface area (TPSA) is 26.0 Å². The van der Waals surface area contributed by atoms with Crippen molar-refractivity contribution in [2.24, 2.45) is 17.1 Å². The van der Waals surface area contributed by atoms with Crippen LogP contribution in [-0.4, -0.2) is 6.04 Å². The van der Waals surface area contributed by atoms with E-state index in [1.165, 1.54) is 12.0 Å². The molecule has 0 radical (unpaired) electrons. The number of hydrogen-bond donors (Lipinski definition) is 1. The van der Waals surface area contributed by atoms with Gasteiger partial charge in [-0.25, -0.2) is 0 Å². The lowest BCUT2D eigenvalue weighted by molar-refractivity contribution is 0.292. The molecule has 0 bridgehead atoms. The number of nitrogens with two attached hydrogens (primary N) is 1. The van der Waals surface area contributed by atoms with Gasteiger partial charge in [0.05, 0.1) is 0 Å². The summed E-state index contributed by atoms with van der Waals surface area (Å²) in [5, 5.41) is 0. The number of hydrogen-bond acceptors (Lipinski definition) is 1. The fourth-order valence-electron chi connectivity index (χ4n) is 2.09. The van der Waals surface area contributed by atoms with Gasteiger partial charge >= 0.3 is 0 Å². The maximum atomic E-state index is 6.02. The Kier molecular flexibility index (Phi) is 5.43. The summed E-state index contributed by atoms with van der Waals surface area (Å²) in [7, 11) is 0. The highest BCUT2D eigenvalue weighted by Gasteiger charge is 2.16. The molecule has 2 atom stereocenters. The molecule has 14 heavy (non-hydrogen) atoms. The SMILES string of the molecule is CC(C)=CC(N)CC(C)CC(C)(C)C. The summed E-state index contributed by atoms with van der Waals surface area (Å²) in [5.41, 5.74) is 7.76. The highest BCUT2D eigenvalue weighted by Crippen LogP contribution is 2.26. The van der Waals surface area contributed by atoms with Gasteiger partial charge in [0.2, 0.25) is 0 Å². The Balaban J connectivity index is 3.95. The average molecular weight is 197 g/mol. The molecule has 0 aromatic heterocycles. The van der Waals surface area contributed by atoms with Crippen LogP contribution in [0.25, 0.3) is 0 Å². The predicted octanol–water partition coefficient (Wildman–Crippen LogP) is 3.74. The molecule has 0 heterocycles. The first-order valence-electron chi connectivity index (χ1n) is 5.61. The van der Waals surface area contributed by atoms with Crippen LogP contribution in [0.2, 0.25) is 0 Å². The van der Waals surface area contributed by atoms with E-state index >= 15 is 0 Å². The largest absolute Gasteiger partial charge is 0.324 e. The fourth-order valence-corrected chi connectivity index (χ4v) is 2.09. The molecule has 0 saturated carbocycles. The lowest BCUT2D eigenvalue weighted by Crippen LogP contribution is -2.22. The highest BCUT2D eigenvalue weighted by molar-refractivity contribution is 5.00. The fraction of sp³-hybridized carbons (Fsp3) is 0.846. The predicted molar refractivity (Wildman–Crippen MR) is 65.3 cm³/mol. The van der Waals surface area contributed by atoms with Gasteiger partial charge in [0.25, 0.3) is 0 Å². The van der Waals surface area contributed by atoms with Gasteiger partial charge in [-0.2, -0.15) is 0 Å². The highest BCUT2D eigenvalue weighted by atomic mass is 14.6. The number of allylic oxidation sites excluding steroid dienone is 1. The van der Waals surface area contributed by atoms with Crippen molar-refractivity contribution in [1.82, 2.24) is 0 Å². The molecule has 0 amide bonds. The van der Waals surface area contributed by atoms with Crippen LogP contribution >= 0.6 is 0 Å². The molecule has 1 heteroatoms. The monoisotopic (exact) mass is 197 g/mol. The Bertz CT molecular complexity index is 182. The van der Waals surface area contributed by atoms with Gasteiger partial charge in [-0.3, -0.25) is 0 Å². The molecule has 0 fully saturated rings. The average Bonchev–Trinajstić information content (AvgIpc) is 1.77. The molecule has 2 unspecified atom stereocenters. The van der Waals surface area contributed by atoms with E-state index in [2.05, 4.69) is 47.6 Å². The third-order valence-corrected chi connectivity index (χ3v) is 2.18. The lowest BCUT2D eigenvalue weighted by Gasteiger charge is -2.24. The van der Waals surface area contributed by atoms with Crippen LogP contribution < -0.4 is 5.73 Å². The van der Waals surface area contributed by atoms with E-state index in [4.69, 9.17) is 5.73 Å². The second kappa shape index (κ2) is 5.55. The van der Waals surface area contributed by atoms with Gasteiger partial charge in [0.1, 0.15) is 0 Å². The summed E-state index contributed by atoms with van der Waals surface area (Å²) in [6.45, 7) is 13.4. The van der Waals surface area contributed by atoms with Crippen molar-refractivity contribution in [3.05, 3.63) is 11.6 Å². The van der Waals surface area contributed by atoms with Gasteiger partial charge in [0, 0.05) is 6.04 Å². The molecule has 0 spiro atoms. The van der Waals surface area contributed by atoms with Crippen molar-refractivity contribution in [3.8, 4) is 0 Å². The Labute approximate surface area is 89.8 Å². The molecule has 0 aliphatic rings. The molecule has 0 aromatic rings. The quantitative estimate of drug-likeness (QED) is 0.683. The zero-order valence-corrected chi connectivity index (χ0v) is 10.7. The minimum Gasteiger partial charge on any atom is -0.324 e. The van der Waals surface area contributed by atoms with E-state index in [1.807, 2.05) is 0 Å². The first kappa shape index (κ1) is 13.7. The third kappa shape index (κ3) is 8.31. The molecular weight excluding hydrogens is 170 g/mol. The van der Waals surface area contributed by atoms with Gasteiger partial charge in [-0.05, 0) is 38.0 Å². The molecule has 0 rings (SSSR count). The summed E-state index contributed by atoms with van der Waals surface area (Å²) < 4.78 is 0. The normalized spacial score (nSPS) is 16.2. The van der Waals surface area contributed by atoms with E-state index in [9.17, 15) is 0 Å². The first-order valence-corrected chi connectivity index (χ1v) is 5.61. The molecule has 0 aliphatic heterocycles. The van der Waals surface area contributed by atoms with Gasteiger partial charge < -0.3 is 5.73 Å². The molecule has 84 valence electrons. The van der Waals surface area contributed by atoms with Crippen LogP contribution in [-0.2, 0) is 0 Å². The van der Waals surface area contributed by atoms with Gasteiger partial charge in [-0.15, -0.1) is 0 Å². The minimum atomic E-state index is 0.234. The molecule has 0 saturated heterocycles. The van der Waals surface area contributed by atoms with Crippen molar-refractivity contribution in [1.29, 1.82) is 0 Å². The summed E-state index contributed by atoms with van der Waals surface area (Å²) >= 11 is 0. The van der Waals surface area contributed by atoms with Crippen molar-refractivity contribution >= 4 is 0 Å². The Morgan fingerprint density at radius 3 is 2.14 bits per heavy atom. The van der Waals surface area contributed by atoms with Crippen LogP contribution in [0, 0.1) is 11.3 Å². The molecule has 0 aromatic carbocycles. The van der Waals surface area contributed by atoms with Crippen LogP contribution in [0.15, 0.2) is 11.6 Å². The molecule has 2 N–H and O–H groups in total. The maximum Gasteiger partial charge on any atom is 0.0228 e. The Morgan fingerprint density at radius 1 is 1.29 bits per heavy atom. The third-order valence-electron chi connectivity index (χ3n) is 2.18. The molecular formula is C13H27N. The summed E-state index contributed by atoms with van der Waals surface area (Å²) in [5.74, 6) is 0.709. The van der Waals surface area contributed by atoms with Gasteiger partial charge in [-0.1, -0.05) is 39.3 Å². The van der Waals surface area contributed by atoms with Crippen molar-refractivity contribution in [2.75, 3.05) is 0 Å². The van der Waals surface area contributed by atoms with E-state index in [0.29, 0.717) is 11.3 Å². The Hall–Kier alpha value is -0.300. The zero-order chi connectivity index (χ0) is 11.4. The maximum absolute atomic E-state index is 6.02. The summed E-state index contributed by atoms with van der Waals surface area (Å²) in [6, 6.07) is 0.234. The van der Waals surface area contributed by atoms with Crippen LogP contribution in [0.5, 0.6) is 0 Å². The second-order valence-corrected chi connectivity index (χ2v) is 6.01. The molecule has 0 aliphatic carbocycles. The van der Waals surface area contributed by atoms with Crippen molar-refractivity contribution < 1.29 is 0 Å². The summed E-state index contributed by atoms with van der Waals surface area (Å²) in [6.07, 6.45) is 4.51. The second-order valence-electron chi connectivity index (χ2n) is 6.01. The van der Waals surface area contributed by atoms with Crippen LogP contribution in [0.3, 0.4) is 0 Å². The van der Waals surface area contributed by atoms with Crippen LogP contribution in [0.1, 0.15) is 54.4 Å². The number of rotatable bonds is 4. The van der Waals surface area contributed by atoms with E-state index in [0.717, 1.165) is 6.42 Å². The van der Waals surface area contributed by atoms with Crippen molar-refractivity contribution in [2.45, 2.75) is 60.4 Å². The molecule has 1 nitrogen and oxygen atoms in total. The Morgan fingerprint density at radius 2 is 1.79 bits per heavy atom. The smallest absolute Gasteiger partial charge is 0.0228 e. The van der Waals surface area contributed by atoms with E-state index in [1.54, 1.807) is 0 Å². The van der Waals surface area contributed by atoms with Crippen molar-refractivity contribution in [3.63, 3.8) is 0 Å². The van der Waals surface area contributed by atoms with E-state index < -0.39 is 0 Å². The van der Waals surface area contributed by atoms with Gasteiger partial charge in [0.15, 0.2) is 0 Å². The standard InChI is InChI=1S/C13H27N/c1-10(2)7-12(14)8-11(3)9-13(4,5)6/h7,11-12H,8-9,14H2,1-6H3. The lowest BCUT2D eigenvalue weighted by atomic mass is 9.83.